The molecule has 3 rings (SSSR count). The molecule has 0 saturated heterocycles. The Morgan fingerprint density at radius 1 is 1.10 bits per heavy atom. The van der Waals surface area contributed by atoms with Crippen LogP contribution in [0.25, 0.3) is 0 Å². The van der Waals surface area contributed by atoms with Crippen molar-refractivity contribution in [3.8, 4) is 0 Å². The third kappa shape index (κ3) is 3.73. The molecule has 1 saturated carbocycles. The first-order chi connectivity index (χ1) is 10.2. The number of hydrogen-bond donors (Lipinski definition) is 2. The quantitative estimate of drug-likeness (QED) is 0.846. The zero-order valence-corrected chi connectivity index (χ0v) is 13.7. The SMILES string of the molecule is Cc1cc(Br)ccc1Nc1cc(NC2CCCC2)ncn1. The van der Waals surface area contributed by atoms with E-state index in [0.717, 1.165) is 21.8 Å². The molecule has 2 N–H and O–H groups in total. The molecule has 5 heteroatoms. The maximum atomic E-state index is 4.31. The molecule has 1 heterocycles. The van der Waals surface area contributed by atoms with Crippen LogP contribution in [0.4, 0.5) is 17.3 Å². The molecule has 1 aliphatic carbocycles. The third-order valence-electron chi connectivity index (χ3n) is 3.83. The average Bonchev–Trinajstić information content (AvgIpc) is 2.95. The molecular weight excluding hydrogens is 328 g/mol. The first kappa shape index (κ1) is 14.3. The van der Waals surface area contributed by atoms with Crippen LogP contribution < -0.4 is 10.6 Å². The highest BCUT2D eigenvalue weighted by Crippen LogP contribution is 2.25. The van der Waals surface area contributed by atoms with Crippen molar-refractivity contribution >= 4 is 33.3 Å². The number of nitrogens with zero attached hydrogens (tertiary/aromatic N) is 2. The standard InChI is InChI=1S/C16H19BrN4/c1-11-8-12(17)6-7-14(11)21-16-9-15(18-10-19-16)20-13-4-2-3-5-13/h6-10,13H,2-5H2,1H3,(H2,18,19,20,21). The predicted octanol–water partition coefficient (Wildman–Crippen LogP) is 4.65. The van der Waals surface area contributed by atoms with Gasteiger partial charge in [0.05, 0.1) is 0 Å². The van der Waals surface area contributed by atoms with Crippen LogP contribution in [0.5, 0.6) is 0 Å². The Kier molecular flexibility index (Phi) is 4.39. The minimum absolute atomic E-state index is 0.558. The molecule has 1 aromatic heterocycles. The van der Waals surface area contributed by atoms with Crippen LogP contribution in [0.3, 0.4) is 0 Å². The molecule has 1 aromatic carbocycles. The van der Waals surface area contributed by atoms with E-state index in [1.165, 1.54) is 31.2 Å². The van der Waals surface area contributed by atoms with Crippen LogP contribution >= 0.6 is 15.9 Å². The lowest BCUT2D eigenvalue weighted by Gasteiger charge is -2.14. The van der Waals surface area contributed by atoms with Gasteiger partial charge in [-0.3, -0.25) is 0 Å². The minimum Gasteiger partial charge on any atom is -0.367 e. The molecule has 0 amide bonds. The van der Waals surface area contributed by atoms with Crippen molar-refractivity contribution in [2.75, 3.05) is 10.6 Å². The Balaban J connectivity index is 1.73. The van der Waals surface area contributed by atoms with Gasteiger partial charge in [-0.15, -0.1) is 0 Å². The average molecular weight is 347 g/mol. The largest absolute Gasteiger partial charge is 0.367 e. The molecule has 0 unspecified atom stereocenters. The van der Waals surface area contributed by atoms with Crippen LogP contribution in [0.2, 0.25) is 0 Å². The van der Waals surface area contributed by atoms with Crippen LogP contribution in [-0.4, -0.2) is 16.0 Å². The zero-order valence-electron chi connectivity index (χ0n) is 12.1. The zero-order chi connectivity index (χ0) is 14.7. The van der Waals surface area contributed by atoms with E-state index in [4.69, 9.17) is 0 Å². The normalized spacial score (nSPS) is 15.1. The number of aryl methyl sites for hydroxylation is 1. The number of benzene rings is 1. The van der Waals surface area contributed by atoms with Crippen LogP contribution in [-0.2, 0) is 0 Å². The van der Waals surface area contributed by atoms with E-state index in [1.54, 1.807) is 6.33 Å². The van der Waals surface area contributed by atoms with E-state index in [0.29, 0.717) is 6.04 Å². The van der Waals surface area contributed by atoms with Gasteiger partial charge in [-0.25, -0.2) is 9.97 Å². The summed E-state index contributed by atoms with van der Waals surface area (Å²) in [5.41, 5.74) is 2.23. The van der Waals surface area contributed by atoms with Gasteiger partial charge in [0.25, 0.3) is 0 Å². The molecule has 0 radical (unpaired) electrons. The highest BCUT2D eigenvalue weighted by Gasteiger charge is 2.15. The van der Waals surface area contributed by atoms with Gasteiger partial charge in [0.2, 0.25) is 0 Å². The molecule has 0 atom stereocenters. The fourth-order valence-corrected chi connectivity index (χ4v) is 3.16. The maximum Gasteiger partial charge on any atom is 0.135 e. The predicted molar refractivity (Wildman–Crippen MR) is 90.1 cm³/mol. The second kappa shape index (κ2) is 6.43. The van der Waals surface area contributed by atoms with Gasteiger partial charge in [-0.05, 0) is 43.5 Å². The van der Waals surface area contributed by atoms with Crippen molar-refractivity contribution in [2.45, 2.75) is 38.6 Å². The van der Waals surface area contributed by atoms with E-state index < -0.39 is 0 Å². The van der Waals surface area contributed by atoms with Gasteiger partial charge in [0, 0.05) is 22.3 Å². The molecule has 2 aromatic rings. The highest BCUT2D eigenvalue weighted by atomic mass is 79.9. The number of nitrogens with one attached hydrogen (secondary N) is 2. The first-order valence-corrected chi connectivity index (χ1v) is 8.12. The van der Waals surface area contributed by atoms with E-state index in [2.05, 4.69) is 49.5 Å². The van der Waals surface area contributed by atoms with Crippen molar-refractivity contribution < 1.29 is 0 Å². The van der Waals surface area contributed by atoms with Gasteiger partial charge in [0.15, 0.2) is 0 Å². The number of anilines is 3. The van der Waals surface area contributed by atoms with Gasteiger partial charge >= 0.3 is 0 Å². The second-order valence-corrected chi connectivity index (χ2v) is 6.41. The lowest BCUT2D eigenvalue weighted by Crippen LogP contribution is -2.15. The number of hydrogen-bond acceptors (Lipinski definition) is 4. The summed E-state index contributed by atoms with van der Waals surface area (Å²) < 4.78 is 1.08. The molecule has 0 bridgehead atoms. The summed E-state index contributed by atoms with van der Waals surface area (Å²) in [5, 5.41) is 6.84. The van der Waals surface area contributed by atoms with Crippen LogP contribution in [0.1, 0.15) is 31.2 Å². The molecule has 110 valence electrons. The summed E-state index contributed by atoms with van der Waals surface area (Å²) in [6.07, 6.45) is 6.70. The van der Waals surface area contributed by atoms with E-state index >= 15 is 0 Å². The fourth-order valence-electron chi connectivity index (χ4n) is 2.69. The Labute approximate surface area is 133 Å². The summed E-state index contributed by atoms with van der Waals surface area (Å²) in [7, 11) is 0. The van der Waals surface area contributed by atoms with Gasteiger partial charge in [-0.1, -0.05) is 28.8 Å². The molecule has 4 nitrogen and oxygen atoms in total. The van der Waals surface area contributed by atoms with Crippen LogP contribution in [0.15, 0.2) is 35.1 Å². The topological polar surface area (TPSA) is 49.8 Å². The Morgan fingerprint density at radius 2 is 1.86 bits per heavy atom. The van der Waals surface area contributed by atoms with E-state index in [9.17, 15) is 0 Å². The summed E-state index contributed by atoms with van der Waals surface area (Å²) in [6, 6.07) is 8.68. The highest BCUT2D eigenvalue weighted by molar-refractivity contribution is 9.10. The molecule has 0 spiro atoms. The minimum atomic E-state index is 0.558. The van der Waals surface area contributed by atoms with Gasteiger partial charge < -0.3 is 10.6 Å². The Bertz CT molecular complexity index is 623. The Hall–Kier alpha value is -1.62. The second-order valence-electron chi connectivity index (χ2n) is 5.50. The van der Waals surface area contributed by atoms with Crippen molar-refractivity contribution in [1.29, 1.82) is 0 Å². The number of rotatable bonds is 4. The Morgan fingerprint density at radius 3 is 2.62 bits per heavy atom. The van der Waals surface area contributed by atoms with Crippen LogP contribution in [0, 0.1) is 6.92 Å². The van der Waals surface area contributed by atoms with Crippen molar-refractivity contribution in [3.05, 3.63) is 40.6 Å². The molecule has 0 aliphatic heterocycles. The third-order valence-corrected chi connectivity index (χ3v) is 4.32. The van der Waals surface area contributed by atoms with Crippen molar-refractivity contribution in [2.24, 2.45) is 0 Å². The van der Waals surface area contributed by atoms with E-state index in [-0.39, 0.29) is 0 Å². The van der Waals surface area contributed by atoms with E-state index in [1.807, 2.05) is 18.2 Å². The molecule has 21 heavy (non-hydrogen) atoms. The maximum absolute atomic E-state index is 4.31. The summed E-state index contributed by atoms with van der Waals surface area (Å²) >= 11 is 3.48. The fraction of sp³-hybridized carbons (Fsp3) is 0.375. The number of halogens is 1. The monoisotopic (exact) mass is 346 g/mol. The summed E-state index contributed by atoms with van der Waals surface area (Å²) in [4.78, 5) is 8.61. The van der Waals surface area contributed by atoms with Crippen molar-refractivity contribution in [3.63, 3.8) is 0 Å². The van der Waals surface area contributed by atoms with Crippen molar-refractivity contribution in [1.82, 2.24) is 9.97 Å². The molecule has 1 aliphatic rings. The summed E-state index contributed by atoms with van der Waals surface area (Å²) in [6.45, 7) is 2.08. The first-order valence-electron chi connectivity index (χ1n) is 7.32. The van der Waals surface area contributed by atoms with Gasteiger partial charge in [-0.2, -0.15) is 0 Å². The number of aromatic nitrogens is 2. The molecule has 1 fully saturated rings. The lowest BCUT2D eigenvalue weighted by atomic mass is 10.2. The smallest absolute Gasteiger partial charge is 0.135 e. The molecular formula is C16H19BrN4. The lowest BCUT2D eigenvalue weighted by molar-refractivity contribution is 0.750. The van der Waals surface area contributed by atoms with Gasteiger partial charge in [0.1, 0.15) is 18.0 Å². The summed E-state index contributed by atoms with van der Waals surface area (Å²) in [5.74, 6) is 1.71.